The Morgan fingerprint density at radius 2 is 1.70 bits per heavy atom. The Labute approximate surface area is 165 Å². The summed E-state index contributed by atoms with van der Waals surface area (Å²) in [6, 6.07) is 17.6. The zero-order valence-corrected chi connectivity index (χ0v) is 16.6. The van der Waals surface area contributed by atoms with Crippen LogP contribution in [0.2, 0.25) is 0 Å². The molecule has 0 fully saturated rings. The number of rotatable bonds is 5. The lowest BCUT2D eigenvalue weighted by Crippen LogP contribution is -2.32. The van der Waals surface area contributed by atoms with Gasteiger partial charge >= 0.3 is 0 Å². The number of nitrogens with one attached hydrogen (secondary N) is 1. The topological polar surface area (TPSA) is 60.3 Å². The predicted molar refractivity (Wildman–Crippen MR) is 109 cm³/mol. The number of carbonyl (C=O) groups is 1. The fraction of sp³-hybridized carbons (Fsp3) is 0.143. The van der Waals surface area contributed by atoms with E-state index in [1.54, 1.807) is 50.4 Å². The van der Waals surface area contributed by atoms with Crippen LogP contribution < -0.4 is 15.6 Å². The van der Waals surface area contributed by atoms with Gasteiger partial charge in [-0.25, -0.2) is 0 Å². The number of nitrogens with zero attached hydrogens (tertiary/aromatic N) is 1. The zero-order valence-electron chi connectivity index (χ0n) is 15.0. The first-order valence-electron chi connectivity index (χ1n) is 8.46. The summed E-state index contributed by atoms with van der Waals surface area (Å²) in [5.74, 6) is 1.14. The van der Waals surface area contributed by atoms with Crippen LogP contribution in [0.15, 0.2) is 76.1 Å². The highest BCUT2D eigenvalue weighted by molar-refractivity contribution is 9.10. The van der Waals surface area contributed by atoms with Crippen LogP contribution in [0.5, 0.6) is 11.5 Å². The summed E-state index contributed by atoms with van der Waals surface area (Å²) < 4.78 is 7.90. The molecule has 138 valence electrons. The third-order valence-corrected chi connectivity index (χ3v) is 4.52. The molecular formula is C21H19BrN2O3. The quantitative estimate of drug-likeness (QED) is 0.630. The maximum absolute atomic E-state index is 12.5. The van der Waals surface area contributed by atoms with Crippen molar-refractivity contribution in [2.24, 2.45) is 0 Å². The average molecular weight is 427 g/mol. The molecule has 1 atom stereocenters. The summed E-state index contributed by atoms with van der Waals surface area (Å²) in [6.07, 6.45) is 1.62. The third-order valence-electron chi connectivity index (χ3n) is 4.09. The van der Waals surface area contributed by atoms with Crippen molar-refractivity contribution in [2.75, 3.05) is 5.32 Å². The van der Waals surface area contributed by atoms with Crippen LogP contribution in [-0.4, -0.2) is 10.5 Å². The van der Waals surface area contributed by atoms with Gasteiger partial charge in [0.15, 0.2) is 0 Å². The van der Waals surface area contributed by atoms with Crippen molar-refractivity contribution in [1.82, 2.24) is 4.57 Å². The number of halogens is 1. The van der Waals surface area contributed by atoms with E-state index in [4.69, 9.17) is 4.74 Å². The number of hydrogen-bond donors (Lipinski definition) is 1. The molecule has 1 N–H and O–H groups in total. The molecule has 0 saturated carbocycles. The second-order valence-electron chi connectivity index (χ2n) is 6.16. The molecule has 1 aromatic heterocycles. The highest BCUT2D eigenvalue weighted by Crippen LogP contribution is 2.23. The van der Waals surface area contributed by atoms with Crippen molar-refractivity contribution in [3.8, 4) is 11.5 Å². The van der Waals surface area contributed by atoms with Gasteiger partial charge in [0.2, 0.25) is 5.91 Å². The molecule has 0 aliphatic carbocycles. The van der Waals surface area contributed by atoms with Gasteiger partial charge in [0.1, 0.15) is 17.5 Å². The van der Waals surface area contributed by atoms with Gasteiger partial charge in [0.05, 0.1) is 0 Å². The smallest absolute Gasteiger partial charge is 0.254 e. The van der Waals surface area contributed by atoms with Crippen LogP contribution >= 0.6 is 15.9 Å². The fourth-order valence-electron chi connectivity index (χ4n) is 2.59. The van der Waals surface area contributed by atoms with E-state index in [-0.39, 0.29) is 11.5 Å². The Balaban J connectivity index is 1.70. The average Bonchev–Trinajstić information content (AvgIpc) is 2.66. The third kappa shape index (κ3) is 4.65. The summed E-state index contributed by atoms with van der Waals surface area (Å²) in [7, 11) is 0. The van der Waals surface area contributed by atoms with Gasteiger partial charge in [0.25, 0.3) is 5.56 Å². The number of para-hydroxylation sites is 1. The minimum atomic E-state index is -0.644. The molecule has 1 unspecified atom stereocenters. The number of hydrogen-bond acceptors (Lipinski definition) is 3. The van der Waals surface area contributed by atoms with Gasteiger partial charge in [-0.2, -0.15) is 0 Å². The molecule has 0 radical (unpaired) electrons. The number of benzene rings is 2. The maximum Gasteiger partial charge on any atom is 0.254 e. The van der Waals surface area contributed by atoms with Crippen molar-refractivity contribution < 1.29 is 9.53 Å². The Morgan fingerprint density at radius 3 is 2.37 bits per heavy atom. The molecule has 27 heavy (non-hydrogen) atoms. The second-order valence-corrected chi connectivity index (χ2v) is 7.07. The Bertz CT molecular complexity index is 998. The molecule has 5 nitrogen and oxygen atoms in total. The van der Waals surface area contributed by atoms with Crippen LogP contribution in [0.4, 0.5) is 5.69 Å². The number of ether oxygens (including phenoxy) is 1. The molecule has 2 aromatic carbocycles. The second kappa shape index (κ2) is 8.22. The Morgan fingerprint density at radius 1 is 1.07 bits per heavy atom. The molecule has 0 spiro atoms. The number of amides is 1. The van der Waals surface area contributed by atoms with Gasteiger partial charge in [0, 0.05) is 21.9 Å². The predicted octanol–water partition coefficient (Wildman–Crippen LogP) is 4.91. The van der Waals surface area contributed by atoms with Crippen LogP contribution in [-0.2, 0) is 4.79 Å². The van der Waals surface area contributed by atoms with Crippen LogP contribution in [0.1, 0.15) is 18.5 Å². The summed E-state index contributed by atoms with van der Waals surface area (Å²) in [6.45, 7) is 3.41. The van der Waals surface area contributed by atoms with E-state index in [0.29, 0.717) is 17.0 Å². The van der Waals surface area contributed by atoms with Gasteiger partial charge < -0.3 is 14.6 Å². The largest absolute Gasteiger partial charge is 0.457 e. The normalized spacial score (nSPS) is 11.7. The first kappa shape index (κ1) is 18.9. The van der Waals surface area contributed by atoms with Crippen LogP contribution in [0.3, 0.4) is 0 Å². The van der Waals surface area contributed by atoms with Gasteiger partial charge in [-0.3, -0.25) is 9.59 Å². The molecule has 3 aromatic rings. The standard InChI is InChI=1S/C21H19BrN2O3/c1-14-12-16(22)13-24(21(14)26)15(2)20(25)23-17-8-10-19(11-9-17)27-18-6-4-3-5-7-18/h3-13,15H,1-2H3,(H,23,25). The van der Waals surface area contributed by atoms with Crippen molar-refractivity contribution in [2.45, 2.75) is 19.9 Å². The van der Waals surface area contributed by atoms with E-state index < -0.39 is 6.04 Å². The lowest BCUT2D eigenvalue weighted by Gasteiger charge is -2.16. The monoisotopic (exact) mass is 426 g/mol. The molecule has 1 heterocycles. The SMILES string of the molecule is Cc1cc(Br)cn(C(C)C(=O)Nc2ccc(Oc3ccccc3)cc2)c1=O. The molecule has 1 amide bonds. The van der Waals surface area contributed by atoms with E-state index in [1.807, 2.05) is 30.3 Å². The summed E-state index contributed by atoms with van der Waals surface area (Å²) >= 11 is 3.36. The van der Waals surface area contributed by atoms with Crippen molar-refractivity contribution in [3.05, 3.63) is 87.3 Å². The molecule has 3 rings (SSSR count). The molecule has 0 saturated heterocycles. The zero-order chi connectivity index (χ0) is 19.4. The van der Waals surface area contributed by atoms with E-state index in [1.165, 1.54) is 4.57 Å². The van der Waals surface area contributed by atoms with Crippen LogP contribution in [0.25, 0.3) is 0 Å². The van der Waals surface area contributed by atoms with Gasteiger partial charge in [-0.1, -0.05) is 18.2 Å². The van der Waals surface area contributed by atoms with Gasteiger partial charge in [-0.05, 0) is 72.2 Å². The molecule has 0 aliphatic heterocycles. The minimum absolute atomic E-state index is 0.188. The number of carbonyl (C=O) groups excluding carboxylic acids is 1. The lowest BCUT2D eigenvalue weighted by molar-refractivity contribution is -0.118. The first-order valence-corrected chi connectivity index (χ1v) is 9.25. The summed E-state index contributed by atoms with van der Waals surface area (Å²) in [5, 5.41) is 2.83. The fourth-order valence-corrected chi connectivity index (χ4v) is 3.16. The lowest BCUT2D eigenvalue weighted by atomic mass is 10.2. The van der Waals surface area contributed by atoms with Crippen LogP contribution in [0, 0.1) is 6.92 Å². The summed E-state index contributed by atoms with van der Waals surface area (Å²) in [4.78, 5) is 24.8. The number of aromatic nitrogens is 1. The van der Waals surface area contributed by atoms with E-state index in [9.17, 15) is 9.59 Å². The molecular weight excluding hydrogens is 408 g/mol. The van der Waals surface area contributed by atoms with Gasteiger partial charge in [-0.15, -0.1) is 0 Å². The maximum atomic E-state index is 12.5. The number of anilines is 1. The van der Waals surface area contributed by atoms with E-state index in [2.05, 4.69) is 21.2 Å². The molecule has 6 heteroatoms. The Hall–Kier alpha value is -2.86. The van der Waals surface area contributed by atoms with E-state index in [0.717, 1.165) is 10.2 Å². The number of aryl methyl sites for hydroxylation is 1. The van der Waals surface area contributed by atoms with Crippen molar-refractivity contribution in [1.29, 1.82) is 0 Å². The molecule has 0 aliphatic rings. The summed E-state index contributed by atoms with van der Waals surface area (Å²) in [5.41, 5.74) is 1.02. The van der Waals surface area contributed by atoms with Crippen molar-refractivity contribution in [3.63, 3.8) is 0 Å². The highest BCUT2D eigenvalue weighted by atomic mass is 79.9. The molecule has 0 bridgehead atoms. The first-order chi connectivity index (χ1) is 12.9. The minimum Gasteiger partial charge on any atom is -0.457 e. The number of pyridine rings is 1. The Kier molecular flexibility index (Phi) is 5.76. The highest BCUT2D eigenvalue weighted by Gasteiger charge is 2.17. The van der Waals surface area contributed by atoms with E-state index >= 15 is 0 Å². The van der Waals surface area contributed by atoms with Crippen molar-refractivity contribution >= 4 is 27.5 Å².